The number of carbonyl (C=O) groups is 1. The van der Waals surface area contributed by atoms with Crippen LogP contribution in [-0.2, 0) is 18.3 Å². The highest BCUT2D eigenvalue weighted by molar-refractivity contribution is 5.79. The first-order valence-electron chi connectivity index (χ1n) is 7.56. The lowest BCUT2D eigenvalue weighted by atomic mass is 10.2. The molecule has 0 spiro atoms. The molecule has 3 N–H and O–H groups in total. The van der Waals surface area contributed by atoms with Crippen LogP contribution in [0.4, 0.5) is 4.79 Å². The maximum atomic E-state index is 11.5. The molecular weight excluding hydrogens is 298 g/mol. The molecule has 0 bridgehead atoms. The molecule has 1 amide bonds. The van der Waals surface area contributed by atoms with Crippen LogP contribution in [0.1, 0.15) is 33.0 Å². The van der Waals surface area contributed by atoms with Gasteiger partial charge in [-0.3, -0.25) is 9.67 Å². The second-order valence-electron chi connectivity index (χ2n) is 5.93. The van der Waals surface area contributed by atoms with Crippen LogP contribution in [0.15, 0.2) is 11.3 Å². The molecule has 0 unspecified atom stereocenters. The Hall–Kier alpha value is -2.32. The van der Waals surface area contributed by atoms with Gasteiger partial charge in [0.25, 0.3) is 0 Å². The third-order valence-electron chi connectivity index (χ3n) is 2.76. The summed E-state index contributed by atoms with van der Waals surface area (Å²) < 4.78 is 6.86. The molecule has 9 nitrogen and oxygen atoms in total. The summed E-state index contributed by atoms with van der Waals surface area (Å²) in [6.45, 7) is 7.24. The number of ether oxygens (including phenoxy) is 1. The lowest BCUT2D eigenvalue weighted by Gasteiger charge is -2.19. The van der Waals surface area contributed by atoms with Gasteiger partial charge in [-0.05, 0) is 27.2 Å². The second kappa shape index (κ2) is 8.96. The molecule has 0 aromatic carbocycles. The van der Waals surface area contributed by atoms with Crippen molar-refractivity contribution in [1.82, 2.24) is 30.7 Å². The van der Waals surface area contributed by atoms with Crippen LogP contribution in [0.2, 0.25) is 0 Å². The molecule has 0 aliphatic heterocycles. The Morgan fingerprint density at radius 2 is 2.00 bits per heavy atom. The fourth-order valence-electron chi connectivity index (χ4n) is 1.66. The van der Waals surface area contributed by atoms with Gasteiger partial charge in [-0.2, -0.15) is 5.10 Å². The van der Waals surface area contributed by atoms with Gasteiger partial charge in [0.2, 0.25) is 0 Å². The highest BCUT2D eigenvalue weighted by Gasteiger charge is 2.15. The van der Waals surface area contributed by atoms with Crippen molar-refractivity contribution in [2.45, 2.75) is 39.3 Å². The molecule has 1 aromatic heterocycles. The Morgan fingerprint density at radius 3 is 2.57 bits per heavy atom. The molecule has 1 aromatic rings. The van der Waals surface area contributed by atoms with Crippen molar-refractivity contribution in [1.29, 1.82) is 0 Å². The first kappa shape index (κ1) is 18.7. The summed E-state index contributed by atoms with van der Waals surface area (Å²) >= 11 is 0. The molecule has 0 saturated carbocycles. The van der Waals surface area contributed by atoms with E-state index in [0.717, 1.165) is 12.2 Å². The number of guanidine groups is 1. The maximum absolute atomic E-state index is 11.5. The van der Waals surface area contributed by atoms with Crippen molar-refractivity contribution in [3.8, 4) is 0 Å². The molecule has 9 heteroatoms. The fourth-order valence-corrected chi connectivity index (χ4v) is 1.66. The minimum absolute atomic E-state index is 0.401. The van der Waals surface area contributed by atoms with Crippen LogP contribution in [0.5, 0.6) is 0 Å². The molecule has 0 atom stereocenters. The maximum Gasteiger partial charge on any atom is 0.407 e. The Kier molecular flexibility index (Phi) is 7.30. The molecular formula is C14H27N7O2. The largest absolute Gasteiger partial charge is 0.444 e. The van der Waals surface area contributed by atoms with Gasteiger partial charge in [-0.25, -0.2) is 9.78 Å². The summed E-state index contributed by atoms with van der Waals surface area (Å²) in [4.78, 5) is 19.7. The van der Waals surface area contributed by atoms with E-state index in [1.54, 1.807) is 11.7 Å². The predicted molar refractivity (Wildman–Crippen MR) is 88.1 cm³/mol. The van der Waals surface area contributed by atoms with E-state index in [1.807, 2.05) is 27.8 Å². The van der Waals surface area contributed by atoms with E-state index in [9.17, 15) is 4.79 Å². The molecule has 0 aliphatic rings. The van der Waals surface area contributed by atoms with Gasteiger partial charge < -0.3 is 20.7 Å². The third-order valence-corrected chi connectivity index (χ3v) is 2.76. The Balaban J connectivity index is 2.16. The Bertz CT molecular complexity index is 519. The van der Waals surface area contributed by atoms with E-state index in [1.165, 1.54) is 6.33 Å². The van der Waals surface area contributed by atoms with Gasteiger partial charge in [-0.1, -0.05) is 0 Å². The van der Waals surface area contributed by atoms with E-state index in [2.05, 4.69) is 31.0 Å². The topological polar surface area (TPSA) is 105 Å². The van der Waals surface area contributed by atoms with E-state index < -0.39 is 11.7 Å². The van der Waals surface area contributed by atoms with Crippen molar-refractivity contribution in [3.63, 3.8) is 0 Å². The van der Waals surface area contributed by atoms with Gasteiger partial charge in [0.05, 0.1) is 6.54 Å². The zero-order valence-electron chi connectivity index (χ0n) is 14.5. The Labute approximate surface area is 136 Å². The van der Waals surface area contributed by atoms with E-state index >= 15 is 0 Å². The third kappa shape index (κ3) is 8.03. The van der Waals surface area contributed by atoms with Crippen LogP contribution in [0.3, 0.4) is 0 Å². The standard InChI is InChI=1S/C14H27N7O2/c1-14(2,3)23-13(22)17-8-6-7-16-12(15-4)18-9-11-19-10-20-21(11)5/h10H,6-9H2,1-5H3,(H,17,22)(H2,15,16,18). The molecule has 0 radical (unpaired) electrons. The normalized spacial score (nSPS) is 12.0. The van der Waals surface area contributed by atoms with Crippen molar-refractivity contribution >= 4 is 12.1 Å². The zero-order valence-corrected chi connectivity index (χ0v) is 14.5. The number of aromatic nitrogens is 3. The highest BCUT2D eigenvalue weighted by atomic mass is 16.6. The molecule has 1 heterocycles. The summed E-state index contributed by atoms with van der Waals surface area (Å²) in [5.41, 5.74) is -0.478. The van der Waals surface area contributed by atoms with Crippen molar-refractivity contribution in [3.05, 3.63) is 12.2 Å². The molecule has 0 aliphatic carbocycles. The Morgan fingerprint density at radius 1 is 1.30 bits per heavy atom. The van der Waals surface area contributed by atoms with Gasteiger partial charge in [0.15, 0.2) is 5.96 Å². The number of aliphatic imine (C=N–C) groups is 1. The number of carbonyl (C=O) groups excluding carboxylic acids is 1. The van der Waals surface area contributed by atoms with E-state index in [-0.39, 0.29) is 0 Å². The van der Waals surface area contributed by atoms with Crippen LogP contribution in [0.25, 0.3) is 0 Å². The van der Waals surface area contributed by atoms with Gasteiger partial charge in [-0.15, -0.1) is 0 Å². The minimum atomic E-state index is -0.478. The summed E-state index contributed by atoms with van der Waals surface area (Å²) in [6, 6.07) is 0. The molecule has 23 heavy (non-hydrogen) atoms. The van der Waals surface area contributed by atoms with Crippen LogP contribution in [-0.4, -0.2) is 52.6 Å². The lowest BCUT2D eigenvalue weighted by molar-refractivity contribution is 0.0527. The number of rotatable bonds is 6. The van der Waals surface area contributed by atoms with Gasteiger partial charge in [0, 0.05) is 27.2 Å². The van der Waals surface area contributed by atoms with E-state index in [0.29, 0.717) is 25.6 Å². The SMILES string of the molecule is CN=C(NCCCNC(=O)OC(C)(C)C)NCc1ncnn1C. The van der Waals surface area contributed by atoms with Crippen molar-refractivity contribution in [2.24, 2.45) is 12.0 Å². The average Bonchev–Trinajstić information content (AvgIpc) is 2.85. The zero-order chi connectivity index (χ0) is 17.3. The van der Waals surface area contributed by atoms with Gasteiger partial charge in [0.1, 0.15) is 17.8 Å². The van der Waals surface area contributed by atoms with Crippen LogP contribution in [0, 0.1) is 0 Å². The number of hydrogen-bond acceptors (Lipinski definition) is 5. The molecule has 0 fully saturated rings. The first-order chi connectivity index (χ1) is 10.8. The highest BCUT2D eigenvalue weighted by Crippen LogP contribution is 2.06. The number of hydrogen-bond donors (Lipinski definition) is 3. The monoisotopic (exact) mass is 325 g/mol. The quantitative estimate of drug-likeness (QED) is 0.397. The van der Waals surface area contributed by atoms with Crippen LogP contribution >= 0.6 is 0 Å². The number of alkyl carbamates (subject to hydrolysis) is 1. The molecule has 130 valence electrons. The lowest BCUT2D eigenvalue weighted by Crippen LogP contribution is -2.39. The number of aryl methyl sites for hydroxylation is 1. The molecule has 1 rings (SSSR count). The minimum Gasteiger partial charge on any atom is -0.444 e. The average molecular weight is 325 g/mol. The first-order valence-corrected chi connectivity index (χ1v) is 7.56. The van der Waals surface area contributed by atoms with Crippen molar-refractivity contribution < 1.29 is 9.53 Å². The van der Waals surface area contributed by atoms with Gasteiger partial charge >= 0.3 is 6.09 Å². The predicted octanol–water partition coefficient (Wildman–Crippen LogP) is 0.395. The van der Waals surface area contributed by atoms with Crippen molar-refractivity contribution in [2.75, 3.05) is 20.1 Å². The summed E-state index contributed by atoms with van der Waals surface area (Å²) in [7, 11) is 3.54. The summed E-state index contributed by atoms with van der Waals surface area (Å²) in [5, 5.41) is 13.0. The van der Waals surface area contributed by atoms with Crippen LogP contribution < -0.4 is 16.0 Å². The number of amides is 1. The fraction of sp³-hybridized carbons (Fsp3) is 0.714. The summed E-state index contributed by atoms with van der Waals surface area (Å²) in [5.74, 6) is 1.49. The molecule has 0 saturated heterocycles. The van der Waals surface area contributed by atoms with E-state index in [4.69, 9.17) is 4.74 Å². The second-order valence-corrected chi connectivity index (χ2v) is 5.93. The smallest absolute Gasteiger partial charge is 0.407 e. The summed E-state index contributed by atoms with van der Waals surface area (Å²) in [6.07, 6.45) is 1.86. The number of nitrogens with zero attached hydrogens (tertiary/aromatic N) is 4. The number of nitrogens with one attached hydrogen (secondary N) is 3.